The molecule has 2 atom stereocenters. The highest BCUT2D eigenvalue weighted by molar-refractivity contribution is 5.90. The summed E-state index contributed by atoms with van der Waals surface area (Å²) in [5.41, 5.74) is 5.96. The molecule has 0 saturated carbocycles. The third kappa shape index (κ3) is 4.36. The number of carbonyl (C=O) groups is 3. The molecule has 0 spiro atoms. The van der Waals surface area contributed by atoms with Gasteiger partial charge in [0.15, 0.2) is 6.04 Å². The number of carboxylic acids is 1. The van der Waals surface area contributed by atoms with E-state index in [4.69, 9.17) is 10.8 Å². The lowest BCUT2D eigenvalue weighted by atomic mass is 10.1. The standard InChI is InChI=1S/C13H16N2O5/c1-20-13(19)11(8-5-3-2-4-6-8)15-12(18)9(14)7-10(16)17/h2-6,9,11H,7,14H2,1H3,(H,15,18)(H,16,17)/t9-,11+/m0/s1. The lowest BCUT2D eigenvalue weighted by Gasteiger charge is -2.18. The Morgan fingerprint density at radius 2 is 1.90 bits per heavy atom. The number of hydrogen-bond donors (Lipinski definition) is 3. The molecule has 0 heterocycles. The van der Waals surface area contributed by atoms with Crippen molar-refractivity contribution in [1.82, 2.24) is 5.32 Å². The van der Waals surface area contributed by atoms with Crippen molar-refractivity contribution < 1.29 is 24.2 Å². The first-order chi connectivity index (χ1) is 9.45. The summed E-state index contributed by atoms with van der Waals surface area (Å²) < 4.78 is 4.62. The van der Waals surface area contributed by atoms with Crippen LogP contribution in [-0.4, -0.2) is 36.1 Å². The monoisotopic (exact) mass is 280 g/mol. The second-order valence-electron chi connectivity index (χ2n) is 4.08. The van der Waals surface area contributed by atoms with Gasteiger partial charge in [-0.05, 0) is 5.56 Å². The third-order valence-electron chi connectivity index (χ3n) is 2.59. The molecule has 0 fully saturated rings. The number of nitrogens with one attached hydrogen (secondary N) is 1. The molecule has 1 rings (SSSR count). The van der Waals surface area contributed by atoms with Crippen molar-refractivity contribution in [3.63, 3.8) is 0 Å². The molecule has 4 N–H and O–H groups in total. The van der Waals surface area contributed by atoms with Gasteiger partial charge in [-0.15, -0.1) is 0 Å². The van der Waals surface area contributed by atoms with Crippen molar-refractivity contribution in [3.8, 4) is 0 Å². The van der Waals surface area contributed by atoms with Crippen LogP contribution in [0.5, 0.6) is 0 Å². The van der Waals surface area contributed by atoms with E-state index in [9.17, 15) is 14.4 Å². The summed E-state index contributed by atoms with van der Waals surface area (Å²) in [5, 5.41) is 11.0. The minimum Gasteiger partial charge on any atom is -0.481 e. The van der Waals surface area contributed by atoms with Crippen molar-refractivity contribution in [2.75, 3.05) is 7.11 Å². The number of methoxy groups -OCH3 is 1. The Morgan fingerprint density at radius 1 is 1.30 bits per heavy atom. The number of hydrogen-bond acceptors (Lipinski definition) is 5. The molecule has 1 aromatic rings. The number of rotatable bonds is 6. The first-order valence-electron chi connectivity index (χ1n) is 5.86. The van der Waals surface area contributed by atoms with Gasteiger partial charge in [0, 0.05) is 0 Å². The smallest absolute Gasteiger partial charge is 0.333 e. The van der Waals surface area contributed by atoms with Gasteiger partial charge in [0.25, 0.3) is 0 Å². The highest BCUT2D eigenvalue weighted by Gasteiger charge is 2.26. The van der Waals surface area contributed by atoms with E-state index in [0.29, 0.717) is 5.56 Å². The molecule has 0 saturated heterocycles. The van der Waals surface area contributed by atoms with Crippen LogP contribution >= 0.6 is 0 Å². The van der Waals surface area contributed by atoms with Gasteiger partial charge in [-0.3, -0.25) is 9.59 Å². The Morgan fingerprint density at radius 3 is 2.40 bits per heavy atom. The van der Waals surface area contributed by atoms with E-state index in [1.54, 1.807) is 30.3 Å². The zero-order valence-electron chi connectivity index (χ0n) is 10.9. The summed E-state index contributed by atoms with van der Waals surface area (Å²) in [4.78, 5) is 34.0. The highest BCUT2D eigenvalue weighted by Crippen LogP contribution is 2.14. The lowest BCUT2D eigenvalue weighted by Crippen LogP contribution is -2.45. The second-order valence-corrected chi connectivity index (χ2v) is 4.08. The zero-order chi connectivity index (χ0) is 15.1. The van der Waals surface area contributed by atoms with E-state index in [1.165, 1.54) is 7.11 Å². The Hall–Kier alpha value is -2.41. The maximum atomic E-state index is 11.8. The Balaban J connectivity index is 2.84. The predicted octanol–water partition coefficient (Wildman–Crippen LogP) is -0.181. The Bertz CT molecular complexity index is 489. The lowest BCUT2D eigenvalue weighted by molar-refractivity contribution is -0.145. The quantitative estimate of drug-likeness (QED) is 0.622. The molecular formula is C13H16N2O5. The van der Waals surface area contributed by atoms with Gasteiger partial charge >= 0.3 is 11.9 Å². The van der Waals surface area contributed by atoms with Crippen molar-refractivity contribution in [3.05, 3.63) is 35.9 Å². The fourth-order valence-corrected chi connectivity index (χ4v) is 1.57. The minimum atomic E-state index is -1.23. The number of carbonyl (C=O) groups excluding carboxylic acids is 2. The summed E-state index contributed by atoms with van der Waals surface area (Å²) in [7, 11) is 1.20. The van der Waals surface area contributed by atoms with Gasteiger partial charge in [0.2, 0.25) is 5.91 Å². The summed E-state index contributed by atoms with van der Waals surface area (Å²) in [6, 6.07) is 6.20. The average molecular weight is 280 g/mol. The van der Waals surface area contributed by atoms with Crippen LogP contribution in [0.3, 0.4) is 0 Å². The van der Waals surface area contributed by atoms with Gasteiger partial charge in [-0.2, -0.15) is 0 Å². The highest BCUT2D eigenvalue weighted by atomic mass is 16.5. The van der Waals surface area contributed by atoms with E-state index in [-0.39, 0.29) is 0 Å². The van der Waals surface area contributed by atoms with E-state index in [1.807, 2.05) is 0 Å². The molecular weight excluding hydrogens is 264 g/mol. The number of carboxylic acid groups (broad SMARTS) is 1. The van der Waals surface area contributed by atoms with Crippen LogP contribution in [0.15, 0.2) is 30.3 Å². The molecule has 20 heavy (non-hydrogen) atoms. The fraction of sp³-hybridized carbons (Fsp3) is 0.308. The molecule has 0 bridgehead atoms. The molecule has 0 aromatic heterocycles. The minimum absolute atomic E-state index is 0.519. The molecule has 0 aliphatic heterocycles. The van der Waals surface area contributed by atoms with Gasteiger partial charge in [0.1, 0.15) is 0 Å². The van der Waals surface area contributed by atoms with Crippen molar-refractivity contribution in [2.45, 2.75) is 18.5 Å². The number of nitrogens with two attached hydrogens (primary N) is 1. The molecule has 0 aliphatic rings. The molecule has 0 unspecified atom stereocenters. The number of amides is 1. The van der Waals surface area contributed by atoms with Gasteiger partial charge < -0.3 is 20.9 Å². The molecule has 0 radical (unpaired) electrons. The molecule has 108 valence electrons. The molecule has 7 heteroatoms. The maximum Gasteiger partial charge on any atom is 0.333 e. The van der Waals surface area contributed by atoms with Crippen LogP contribution in [0.25, 0.3) is 0 Å². The van der Waals surface area contributed by atoms with Crippen molar-refractivity contribution in [2.24, 2.45) is 5.73 Å². The number of benzene rings is 1. The maximum absolute atomic E-state index is 11.8. The van der Waals surface area contributed by atoms with Crippen LogP contribution in [0, 0.1) is 0 Å². The Labute approximate surface area is 115 Å². The van der Waals surface area contributed by atoms with Gasteiger partial charge in [-0.25, -0.2) is 4.79 Å². The van der Waals surface area contributed by atoms with E-state index >= 15 is 0 Å². The van der Waals surface area contributed by atoms with Gasteiger partial charge in [-0.1, -0.05) is 30.3 Å². The van der Waals surface area contributed by atoms with Crippen LogP contribution in [0.1, 0.15) is 18.0 Å². The first-order valence-corrected chi connectivity index (χ1v) is 5.86. The topological polar surface area (TPSA) is 119 Å². The van der Waals surface area contributed by atoms with E-state index in [0.717, 1.165) is 0 Å². The third-order valence-corrected chi connectivity index (χ3v) is 2.59. The number of esters is 1. The summed E-state index contributed by atoms with van der Waals surface area (Å²) in [6.45, 7) is 0. The SMILES string of the molecule is COC(=O)[C@H](NC(=O)[C@@H](N)CC(=O)O)c1ccccc1. The zero-order valence-corrected chi connectivity index (χ0v) is 10.9. The van der Waals surface area contributed by atoms with Crippen molar-refractivity contribution >= 4 is 17.8 Å². The fourth-order valence-electron chi connectivity index (χ4n) is 1.57. The molecule has 1 amide bonds. The normalized spacial score (nSPS) is 13.1. The molecule has 0 aliphatic carbocycles. The second kappa shape index (κ2) is 7.25. The summed E-state index contributed by atoms with van der Waals surface area (Å²) >= 11 is 0. The Kier molecular flexibility index (Phi) is 5.67. The molecule has 1 aromatic carbocycles. The first kappa shape index (κ1) is 15.6. The van der Waals surface area contributed by atoms with E-state index in [2.05, 4.69) is 10.1 Å². The van der Waals surface area contributed by atoms with Crippen LogP contribution in [0.2, 0.25) is 0 Å². The summed E-state index contributed by atoms with van der Waals surface area (Å²) in [5.74, 6) is -2.58. The van der Waals surface area contributed by atoms with Crippen LogP contribution < -0.4 is 11.1 Å². The predicted molar refractivity (Wildman–Crippen MR) is 69.6 cm³/mol. The number of aliphatic carboxylic acids is 1. The summed E-state index contributed by atoms with van der Waals surface area (Å²) in [6.07, 6.45) is -0.519. The van der Waals surface area contributed by atoms with Gasteiger partial charge in [0.05, 0.1) is 19.6 Å². The van der Waals surface area contributed by atoms with Crippen LogP contribution in [-0.2, 0) is 19.1 Å². The average Bonchev–Trinajstić information content (AvgIpc) is 2.43. The molecule has 7 nitrogen and oxygen atoms in total. The van der Waals surface area contributed by atoms with Crippen LogP contribution in [0.4, 0.5) is 0 Å². The largest absolute Gasteiger partial charge is 0.481 e. The number of ether oxygens (including phenoxy) is 1. The van der Waals surface area contributed by atoms with Crippen molar-refractivity contribution in [1.29, 1.82) is 0 Å². The van der Waals surface area contributed by atoms with E-state index < -0.39 is 36.4 Å².